The van der Waals surface area contributed by atoms with Gasteiger partial charge in [0.05, 0.1) is 25.0 Å². The number of nitrogens with zero attached hydrogens (tertiary/aromatic N) is 5. The van der Waals surface area contributed by atoms with E-state index in [2.05, 4.69) is 28.7 Å². The van der Waals surface area contributed by atoms with Crippen LogP contribution in [0.2, 0.25) is 0 Å². The van der Waals surface area contributed by atoms with E-state index >= 15 is 0 Å². The van der Waals surface area contributed by atoms with Crippen molar-refractivity contribution in [2.24, 2.45) is 5.41 Å². The Morgan fingerprint density at radius 3 is 2.88 bits per heavy atom. The highest BCUT2D eigenvalue weighted by molar-refractivity contribution is 5.56. The third-order valence-electron chi connectivity index (χ3n) is 5.61. The number of fused-ring (bicyclic) bond motifs is 2. The Labute approximate surface area is 185 Å². The second-order valence-corrected chi connectivity index (χ2v) is 8.84. The summed E-state index contributed by atoms with van der Waals surface area (Å²) in [6.07, 6.45) is 2.87. The molecule has 1 atom stereocenters. The lowest BCUT2D eigenvalue weighted by atomic mass is 9.91. The molecule has 0 fully saturated rings. The predicted octanol–water partition coefficient (Wildman–Crippen LogP) is 2.40. The highest BCUT2D eigenvalue weighted by Gasteiger charge is 2.35. The van der Waals surface area contributed by atoms with Crippen LogP contribution >= 0.6 is 0 Å². The number of benzene rings is 1. The quantitative estimate of drug-likeness (QED) is 0.617. The first-order valence-electron chi connectivity index (χ1n) is 10.5. The van der Waals surface area contributed by atoms with Crippen LogP contribution < -0.4 is 24.7 Å². The van der Waals surface area contributed by atoms with Gasteiger partial charge >= 0.3 is 0 Å². The molecule has 0 bridgehead atoms. The number of anilines is 1. The molecule has 2 aliphatic rings. The fraction of sp³-hybridized carbons (Fsp3) is 0.391. The number of aromatic nitrogens is 4. The van der Waals surface area contributed by atoms with Gasteiger partial charge in [0, 0.05) is 30.8 Å². The van der Waals surface area contributed by atoms with Gasteiger partial charge in [0.1, 0.15) is 12.9 Å². The maximum absolute atomic E-state index is 13.0. The largest absolute Gasteiger partial charge is 0.493 e. The first-order chi connectivity index (χ1) is 15.4. The molecule has 0 aliphatic carbocycles. The van der Waals surface area contributed by atoms with Crippen LogP contribution in [0.3, 0.4) is 0 Å². The molecular weight excluding hydrogens is 410 g/mol. The Hall–Kier alpha value is -3.62. The lowest BCUT2D eigenvalue weighted by Gasteiger charge is -2.42. The van der Waals surface area contributed by atoms with Crippen molar-refractivity contribution in [3.05, 3.63) is 53.2 Å². The SMILES string of the molecule is COc1cccc2c1OCC(CN1CC(C)(C)Cn3c1nc(-c1ccncn1)cc3=O)O2. The van der Waals surface area contributed by atoms with Crippen molar-refractivity contribution in [2.75, 3.05) is 31.7 Å². The normalized spacial score (nSPS) is 18.7. The lowest BCUT2D eigenvalue weighted by Crippen LogP contribution is -2.51. The number of rotatable bonds is 4. The zero-order valence-corrected chi connectivity index (χ0v) is 18.3. The van der Waals surface area contributed by atoms with Crippen molar-refractivity contribution in [2.45, 2.75) is 26.5 Å². The van der Waals surface area contributed by atoms with Gasteiger partial charge in [0.2, 0.25) is 11.7 Å². The van der Waals surface area contributed by atoms with Gasteiger partial charge in [-0.3, -0.25) is 9.36 Å². The van der Waals surface area contributed by atoms with Crippen LogP contribution in [-0.4, -0.2) is 52.4 Å². The molecule has 0 spiro atoms. The van der Waals surface area contributed by atoms with Gasteiger partial charge in [-0.05, 0) is 18.2 Å². The Bertz CT molecular complexity index is 1190. The van der Waals surface area contributed by atoms with Gasteiger partial charge in [-0.2, -0.15) is 0 Å². The van der Waals surface area contributed by atoms with Crippen LogP contribution in [0.25, 0.3) is 11.4 Å². The molecule has 0 N–H and O–H groups in total. The Balaban J connectivity index is 1.47. The van der Waals surface area contributed by atoms with Crippen LogP contribution in [0.5, 0.6) is 17.2 Å². The summed E-state index contributed by atoms with van der Waals surface area (Å²) in [6, 6.07) is 8.87. The van der Waals surface area contributed by atoms with Crippen LogP contribution in [-0.2, 0) is 6.54 Å². The monoisotopic (exact) mass is 435 g/mol. The average molecular weight is 435 g/mol. The molecule has 166 valence electrons. The molecule has 0 saturated carbocycles. The van der Waals surface area contributed by atoms with E-state index in [9.17, 15) is 4.79 Å². The number of hydrogen-bond donors (Lipinski definition) is 0. The lowest BCUT2D eigenvalue weighted by molar-refractivity contribution is 0.0885. The minimum Gasteiger partial charge on any atom is -0.493 e. The summed E-state index contributed by atoms with van der Waals surface area (Å²) in [5.74, 6) is 2.53. The second kappa shape index (κ2) is 7.81. The van der Waals surface area contributed by atoms with Gasteiger partial charge in [-0.1, -0.05) is 19.9 Å². The zero-order valence-electron chi connectivity index (χ0n) is 18.3. The van der Waals surface area contributed by atoms with Crippen molar-refractivity contribution < 1.29 is 14.2 Å². The first-order valence-corrected chi connectivity index (χ1v) is 10.5. The van der Waals surface area contributed by atoms with Gasteiger partial charge in [0.15, 0.2) is 17.6 Å². The molecule has 5 rings (SSSR count). The van der Waals surface area contributed by atoms with Gasteiger partial charge in [-0.25, -0.2) is 15.0 Å². The molecule has 2 aromatic heterocycles. The third kappa shape index (κ3) is 3.74. The van der Waals surface area contributed by atoms with Gasteiger partial charge in [-0.15, -0.1) is 0 Å². The summed E-state index contributed by atoms with van der Waals surface area (Å²) >= 11 is 0. The molecule has 4 heterocycles. The van der Waals surface area contributed by atoms with Crippen LogP contribution in [0, 0.1) is 5.41 Å². The molecule has 1 unspecified atom stereocenters. The molecule has 1 aromatic carbocycles. The van der Waals surface area contributed by atoms with Crippen molar-refractivity contribution in [1.82, 2.24) is 19.5 Å². The highest BCUT2D eigenvalue weighted by Crippen LogP contribution is 2.40. The van der Waals surface area contributed by atoms with E-state index in [1.54, 1.807) is 23.9 Å². The number of ether oxygens (including phenoxy) is 3. The Morgan fingerprint density at radius 1 is 1.22 bits per heavy atom. The average Bonchev–Trinajstić information content (AvgIpc) is 2.79. The van der Waals surface area contributed by atoms with E-state index in [1.165, 1.54) is 12.4 Å². The van der Waals surface area contributed by atoms with Crippen LogP contribution in [0.4, 0.5) is 5.95 Å². The maximum Gasteiger partial charge on any atom is 0.255 e. The molecule has 3 aromatic rings. The minimum absolute atomic E-state index is 0.0997. The van der Waals surface area contributed by atoms with E-state index < -0.39 is 0 Å². The predicted molar refractivity (Wildman–Crippen MR) is 118 cm³/mol. The van der Waals surface area contributed by atoms with Gasteiger partial charge in [0.25, 0.3) is 5.56 Å². The summed E-state index contributed by atoms with van der Waals surface area (Å²) in [4.78, 5) is 28.1. The zero-order chi connectivity index (χ0) is 22.3. The molecule has 0 radical (unpaired) electrons. The summed E-state index contributed by atoms with van der Waals surface area (Å²) in [5, 5.41) is 0. The van der Waals surface area contributed by atoms with Crippen LogP contribution in [0.15, 0.2) is 47.7 Å². The fourth-order valence-electron chi connectivity index (χ4n) is 4.29. The minimum atomic E-state index is -0.225. The Kier molecular flexibility index (Phi) is 4.96. The van der Waals surface area contributed by atoms with E-state index in [4.69, 9.17) is 19.2 Å². The van der Waals surface area contributed by atoms with Crippen molar-refractivity contribution in [1.29, 1.82) is 0 Å². The van der Waals surface area contributed by atoms with Crippen molar-refractivity contribution >= 4 is 5.95 Å². The fourth-order valence-corrected chi connectivity index (χ4v) is 4.29. The van der Waals surface area contributed by atoms with E-state index in [1.807, 2.05) is 18.2 Å². The molecule has 9 nitrogen and oxygen atoms in total. The molecule has 0 amide bonds. The number of hydrogen-bond acceptors (Lipinski definition) is 8. The van der Waals surface area contributed by atoms with Gasteiger partial charge < -0.3 is 19.1 Å². The Morgan fingerprint density at radius 2 is 2.09 bits per heavy atom. The smallest absolute Gasteiger partial charge is 0.255 e. The summed E-state index contributed by atoms with van der Waals surface area (Å²) in [6.45, 7) is 6.52. The number of para-hydroxylation sites is 1. The summed E-state index contributed by atoms with van der Waals surface area (Å²) < 4.78 is 19.3. The highest BCUT2D eigenvalue weighted by atomic mass is 16.6. The second-order valence-electron chi connectivity index (χ2n) is 8.84. The first kappa shape index (κ1) is 20.3. The molecule has 9 heteroatoms. The topological polar surface area (TPSA) is 91.6 Å². The van der Waals surface area contributed by atoms with E-state index in [-0.39, 0.29) is 17.1 Å². The van der Waals surface area contributed by atoms with Crippen molar-refractivity contribution in [3.8, 4) is 28.6 Å². The molecule has 2 aliphatic heterocycles. The summed E-state index contributed by atoms with van der Waals surface area (Å²) in [5.41, 5.74) is 0.941. The van der Waals surface area contributed by atoms with E-state index in [0.717, 1.165) is 6.54 Å². The number of methoxy groups -OCH3 is 1. The molecule has 0 saturated heterocycles. The summed E-state index contributed by atoms with van der Waals surface area (Å²) in [7, 11) is 1.61. The van der Waals surface area contributed by atoms with E-state index in [0.29, 0.717) is 54.3 Å². The molecule has 32 heavy (non-hydrogen) atoms. The standard InChI is InChI=1S/C23H25N5O4/c1-23(2)12-27(10-15-11-31-21-18(30-3)5-4-6-19(21)32-15)22-26-17(9-20(29)28(22)13-23)16-7-8-24-14-25-16/h4-9,14-15H,10-13H2,1-3H3. The maximum atomic E-state index is 13.0. The van der Waals surface area contributed by atoms with Crippen LogP contribution in [0.1, 0.15) is 13.8 Å². The molecular formula is C23H25N5O4. The third-order valence-corrected chi connectivity index (χ3v) is 5.61. The van der Waals surface area contributed by atoms with Crippen molar-refractivity contribution in [3.63, 3.8) is 0 Å².